The molecule has 0 aromatic carbocycles. The lowest BCUT2D eigenvalue weighted by atomic mass is 9.95. The fraction of sp³-hybridized carbons (Fsp3) is 0.615. The second-order valence-electron chi connectivity index (χ2n) is 4.90. The Balaban J connectivity index is 2.03. The van der Waals surface area contributed by atoms with Gasteiger partial charge in [0.15, 0.2) is 0 Å². The van der Waals surface area contributed by atoms with E-state index in [-0.39, 0.29) is 0 Å². The summed E-state index contributed by atoms with van der Waals surface area (Å²) in [5.74, 6) is 2.75. The second-order valence-corrected chi connectivity index (χ2v) is 5.46. The minimum Gasteiger partial charge on any atom is -0.356 e. The first-order chi connectivity index (χ1) is 7.70. The van der Waals surface area contributed by atoms with Crippen LogP contribution in [0.5, 0.6) is 0 Å². The van der Waals surface area contributed by atoms with Gasteiger partial charge in [-0.1, -0.05) is 35.8 Å². The number of hydrogen-bond acceptors (Lipinski definition) is 2. The molecule has 3 heteroatoms. The van der Waals surface area contributed by atoms with Gasteiger partial charge in [-0.25, -0.2) is 4.98 Å². The highest BCUT2D eigenvalue weighted by molar-refractivity contribution is 9.08. The summed E-state index contributed by atoms with van der Waals surface area (Å²) < 4.78 is 0. The first-order valence-electron chi connectivity index (χ1n) is 5.96. The van der Waals surface area contributed by atoms with E-state index in [4.69, 9.17) is 0 Å². The minimum absolute atomic E-state index is 0.784. The summed E-state index contributed by atoms with van der Waals surface area (Å²) in [6, 6.07) is 4.29. The third kappa shape index (κ3) is 2.57. The maximum absolute atomic E-state index is 4.52. The molecule has 0 saturated carbocycles. The van der Waals surface area contributed by atoms with Crippen LogP contribution >= 0.6 is 15.9 Å². The standard InChI is InChI=1S/C13H19BrN2/c1-10(2)12-5-6-16(9-12)13-4-3-11(7-14)8-15-13/h3-4,8,10,12H,5-7,9H2,1-2H3. The number of pyridine rings is 1. The highest BCUT2D eigenvalue weighted by atomic mass is 79.9. The van der Waals surface area contributed by atoms with Crippen molar-refractivity contribution in [1.82, 2.24) is 4.98 Å². The summed E-state index contributed by atoms with van der Waals surface area (Å²) in [4.78, 5) is 6.93. The molecule has 1 aromatic rings. The number of anilines is 1. The molecule has 0 N–H and O–H groups in total. The van der Waals surface area contributed by atoms with Gasteiger partial charge in [-0.2, -0.15) is 0 Å². The summed E-state index contributed by atoms with van der Waals surface area (Å²) in [6.45, 7) is 6.95. The third-order valence-corrected chi connectivity index (χ3v) is 4.10. The molecule has 0 bridgehead atoms. The summed E-state index contributed by atoms with van der Waals surface area (Å²) in [7, 11) is 0. The van der Waals surface area contributed by atoms with Gasteiger partial charge in [0.05, 0.1) is 0 Å². The van der Waals surface area contributed by atoms with Crippen LogP contribution in [-0.2, 0) is 5.33 Å². The maximum atomic E-state index is 4.52. The van der Waals surface area contributed by atoms with Gasteiger partial charge in [0, 0.05) is 24.6 Å². The lowest BCUT2D eigenvalue weighted by Crippen LogP contribution is -2.22. The van der Waals surface area contributed by atoms with E-state index in [1.807, 2.05) is 6.20 Å². The second kappa shape index (κ2) is 5.17. The Hall–Kier alpha value is -0.570. The summed E-state index contributed by atoms with van der Waals surface area (Å²) in [5, 5.41) is 0.884. The van der Waals surface area contributed by atoms with Crippen LogP contribution in [0.2, 0.25) is 0 Å². The Bertz CT molecular complexity index is 334. The van der Waals surface area contributed by atoms with Crippen LogP contribution in [0.4, 0.5) is 5.82 Å². The fourth-order valence-electron chi connectivity index (χ4n) is 2.22. The Morgan fingerprint density at radius 3 is 2.81 bits per heavy atom. The van der Waals surface area contributed by atoms with Crippen molar-refractivity contribution in [3.63, 3.8) is 0 Å². The van der Waals surface area contributed by atoms with E-state index in [0.717, 1.165) is 29.5 Å². The molecular weight excluding hydrogens is 264 g/mol. The number of aromatic nitrogens is 1. The molecule has 0 amide bonds. The molecule has 2 nitrogen and oxygen atoms in total. The van der Waals surface area contributed by atoms with Gasteiger partial charge in [-0.15, -0.1) is 0 Å². The van der Waals surface area contributed by atoms with Crippen LogP contribution < -0.4 is 4.90 Å². The van der Waals surface area contributed by atoms with Gasteiger partial charge in [0.25, 0.3) is 0 Å². The Morgan fingerprint density at radius 2 is 2.31 bits per heavy atom. The zero-order valence-corrected chi connectivity index (χ0v) is 11.6. The number of nitrogens with zero attached hydrogens (tertiary/aromatic N) is 2. The van der Waals surface area contributed by atoms with Crippen molar-refractivity contribution >= 4 is 21.7 Å². The fourth-order valence-corrected chi connectivity index (χ4v) is 2.55. The number of alkyl halides is 1. The predicted molar refractivity (Wildman–Crippen MR) is 72.0 cm³/mol. The molecule has 2 rings (SSSR count). The van der Waals surface area contributed by atoms with Gasteiger partial charge in [-0.3, -0.25) is 0 Å². The summed E-state index contributed by atoms with van der Waals surface area (Å²) in [5.41, 5.74) is 1.24. The minimum atomic E-state index is 0.784. The van der Waals surface area contributed by atoms with E-state index >= 15 is 0 Å². The molecule has 1 aliphatic rings. The van der Waals surface area contributed by atoms with E-state index in [0.29, 0.717) is 0 Å². The monoisotopic (exact) mass is 282 g/mol. The normalized spacial score (nSPS) is 20.8. The van der Waals surface area contributed by atoms with Crippen molar-refractivity contribution in [3.05, 3.63) is 23.9 Å². The van der Waals surface area contributed by atoms with E-state index < -0.39 is 0 Å². The zero-order valence-electron chi connectivity index (χ0n) is 9.99. The Labute approximate surface area is 106 Å². The Kier molecular flexibility index (Phi) is 3.85. The van der Waals surface area contributed by atoms with E-state index in [9.17, 15) is 0 Å². The first-order valence-corrected chi connectivity index (χ1v) is 7.08. The average molecular weight is 283 g/mol. The topological polar surface area (TPSA) is 16.1 Å². The highest BCUT2D eigenvalue weighted by Crippen LogP contribution is 2.27. The lowest BCUT2D eigenvalue weighted by Gasteiger charge is -2.19. The van der Waals surface area contributed by atoms with Gasteiger partial charge in [0.1, 0.15) is 5.82 Å². The summed E-state index contributed by atoms with van der Waals surface area (Å²) >= 11 is 3.44. The maximum Gasteiger partial charge on any atom is 0.128 e. The SMILES string of the molecule is CC(C)C1CCN(c2ccc(CBr)cn2)C1. The molecule has 0 radical (unpaired) electrons. The molecule has 1 aromatic heterocycles. The van der Waals surface area contributed by atoms with E-state index in [2.05, 4.69) is 51.8 Å². The van der Waals surface area contributed by atoms with Crippen molar-refractivity contribution in [1.29, 1.82) is 0 Å². The average Bonchev–Trinajstić information content (AvgIpc) is 2.78. The molecule has 1 aliphatic heterocycles. The molecule has 0 spiro atoms. The molecule has 0 aliphatic carbocycles. The van der Waals surface area contributed by atoms with Gasteiger partial charge < -0.3 is 4.90 Å². The van der Waals surface area contributed by atoms with Crippen LogP contribution in [0, 0.1) is 11.8 Å². The molecule has 1 atom stereocenters. The molecule has 16 heavy (non-hydrogen) atoms. The zero-order chi connectivity index (χ0) is 11.5. The van der Waals surface area contributed by atoms with Crippen molar-refractivity contribution in [2.75, 3.05) is 18.0 Å². The number of rotatable bonds is 3. The van der Waals surface area contributed by atoms with E-state index in [1.54, 1.807) is 0 Å². The third-order valence-electron chi connectivity index (χ3n) is 3.45. The van der Waals surface area contributed by atoms with Crippen molar-refractivity contribution in [2.24, 2.45) is 11.8 Å². The first kappa shape index (κ1) is 11.9. The molecule has 2 heterocycles. The molecule has 1 unspecified atom stereocenters. The molecule has 1 saturated heterocycles. The van der Waals surface area contributed by atoms with Crippen LogP contribution in [-0.4, -0.2) is 18.1 Å². The van der Waals surface area contributed by atoms with Crippen LogP contribution in [0.25, 0.3) is 0 Å². The van der Waals surface area contributed by atoms with Crippen LogP contribution in [0.15, 0.2) is 18.3 Å². The number of hydrogen-bond donors (Lipinski definition) is 0. The van der Waals surface area contributed by atoms with Crippen LogP contribution in [0.1, 0.15) is 25.8 Å². The lowest BCUT2D eigenvalue weighted by molar-refractivity contribution is 0.422. The molecule has 88 valence electrons. The van der Waals surface area contributed by atoms with Crippen molar-refractivity contribution in [2.45, 2.75) is 25.6 Å². The molecular formula is C13H19BrN2. The quantitative estimate of drug-likeness (QED) is 0.790. The van der Waals surface area contributed by atoms with Crippen molar-refractivity contribution < 1.29 is 0 Å². The predicted octanol–water partition coefficient (Wildman–Crippen LogP) is 3.46. The van der Waals surface area contributed by atoms with Gasteiger partial charge >= 0.3 is 0 Å². The smallest absolute Gasteiger partial charge is 0.128 e. The van der Waals surface area contributed by atoms with E-state index in [1.165, 1.54) is 18.5 Å². The highest BCUT2D eigenvalue weighted by Gasteiger charge is 2.25. The largest absolute Gasteiger partial charge is 0.356 e. The van der Waals surface area contributed by atoms with Crippen LogP contribution in [0.3, 0.4) is 0 Å². The van der Waals surface area contributed by atoms with Gasteiger partial charge in [0.2, 0.25) is 0 Å². The Morgan fingerprint density at radius 1 is 1.50 bits per heavy atom. The van der Waals surface area contributed by atoms with Gasteiger partial charge in [-0.05, 0) is 29.9 Å². The summed E-state index contributed by atoms with van der Waals surface area (Å²) in [6.07, 6.45) is 3.27. The van der Waals surface area contributed by atoms with Crippen molar-refractivity contribution in [3.8, 4) is 0 Å². The number of halogens is 1. The molecule has 1 fully saturated rings.